The topological polar surface area (TPSA) is 76.5 Å². The zero-order valence-electron chi connectivity index (χ0n) is 12.8. The molecule has 0 saturated carbocycles. The van der Waals surface area contributed by atoms with Crippen molar-refractivity contribution in [2.24, 2.45) is 5.41 Å². The number of carbonyl (C=O) groups is 2. The second-order valence-electron chi connectivity index (χ2n) is 5.92. The Morgan fingerprint density at radius 2 is 2.00 bits per heavy atom. The zero-order chi connectivity index (χ0) is 16.4. The van der Waals surface area contributed by atoms with Crippen LogP contribution in [0.5, 0.6) is 0 Å². The van der Waals surface area contributed by atoms with E-state index in [1.54, 1.807) is 6.20 Å². The number of esters is 1. The van der Waals surface area contributed by atoms with Crippen LogP contribution in [0.15, 0.2) is 42.6 Å². The van der Waals surface area contributed by atoms with E-state index in [1.807, 2.05) is 36.4 Å². The van der Waals surface area contributed by atoms with Crippen LogP contribution in [0, 0.1) is 5.41 Å². The minimum Gasteiger partial charge on any atom is -0.481 e. The fraction of sp³-hybridized carbons (Fsp3) is 0.278. The molecule has 0 fully saturated rings. The maximum Gasteiger partial charge on any atom is 0.313 e. The number of carboxylic acid groups (broad SMARTS) is 1. The molecule has 1 unspecified atom stereocenters. The number of fused-ring (bicyclic) bond motifs is 1. The number of carboxylic acids is 1. The summed E-state index contributed by atoms with van der Waals surface area (Å²) in [5, 5.41) is 9.63. The van der Waals surface area contributed by atoms with E-state index in [4.69, 9.17) is 4.74 Å². The van der Waals surface area contributed by atoms with Crippen molar-refractivity contribution in [3.05, 3.63) is 53.7 Å². The lowest BCUT2D eigenvalue weighted by molar-refractivity contribution is -0.157. The molecule has 0 bridgehead atoms. The Labute approximate surface area is 133 Å². The molecule has 1 aliphatic carbocycles. The van der Waals surface area contributed by atoms with Gasteiger partial charge < -0.3 is 9.84 Å². The first kappa shape index (κ1) is 15.2. The second-order valence-corrected chi connectivity index (χ2v) is 5.92. The molecular weight excluding hydrogens is 294 g/mol. The van der Waals surface area contributed by atoms with Crippen LogP contribution in [-0.4, -0.2) is 28.6 Å². The van der Waals surface area contributed by atoms with Gasteiger partial charge in [-0.15, -0.1) is 0 Å². The molecule has 1 atom stereocenters. The van der Waals surface area contributed by atoms with Crippen LogP contribution < -0.4 is 0 Å². The van der Waals surface area contributed by atoms with Gasteiger partial charge in [-0.05, 0) is 42.2 Å². The van der Waals surface area contributed by atoms with Crippen molar-refractivity contribution in [1.29, 1.82) is 0 Å². The Kier molecular flexibility index (Phi) is 3.86. The molecule has 1 aromatic heterocycles. The molecule has 0 spiro atoms. The monoisotopic (exact) mass is 311 g/mol. The van der Waals surface area contributed by atoms with E-state index < -0.39 is 17.4 Å². The van der Waals surface area contributed by atoms with Gasteiger partial charge in [0.2, 0.25) is 0 Å². The van der Waals surface area contributed by atoms with Gasteiger partial charge in [0.1, 0.15) is 12.0 Å². The Morgan fingerprint density at radius 3 is 2.65 bits per heavy atom. The minimum absolute atomic E-state index is 0.106. The van der Waals surface area contributed by atoms with Crippen LogP contribution in [0.25, 0.3) is 11.3 Å². The van der Waals surface area contributed by atoms with Crippen molar-refractivity contribution in [2.75, 3.05) is 6.61 Å². The third-order valence-electron chi connectivity index (χ3n) is 4.23. The first-order chi connectivity index (χ1) is 11.0. The van der Waals surface area contributed by atoms with Gasteiger partial charge in [0.15, 0.2) is 0 Å². The molecule has 0 aliphatic heterocycles. The van der Waals surface area contributed by atoms with Gasteiger partial charge in [0.05, 0.1) is 5.69 Å². The lowest BCUT2D eigenvalue weighted by Crippen LogP contribution is -2.37. The van der Waals surface area contributed by atoms with Crippen molar-refractivity contribution in [3.63, 3.8) is 0 Å². The third-order valence-corrected chi connectivity index (χ3v) is 4.23. The Hall–Kier alpha value is -2.69. The summed E-state index contributed by atoms with van der Waals surface area (Å²) in [7, 11) is 0. The lowest BCUT2D eigenvalue weighted by atomic mass is 9.86. The Bertz CT molecular complexity index is 757. The van der Waals surface area contributed by atoms with Gasteiger partial charge >= 0.3 is 11.9 Å². The number of pyridine rings is 1. The molecule has 1 aliphatic rings. The van der Waals surface area contributed by atoms with Crippen molar-refractivity contribution >= 4 is 11.9 Å². The highest BCUT2D eigenvalue weighted by Crippen LogP contribution is 2.39. The quantitative estimate of drug-likeness (QED) is 0.878. The van der Waals surface area contributed by atoms with Gasteiger partial charge in [0, 0.05) is 18.7 Å². The standard InChI is InChI=1S/C18H17NO4/c1-12(20)23-11-18(17(21)22)9-14-6-5-13(8-15(14)10-18)16-4-2-3-7-19-16/h2-8H,9-11H2,1H3,(H,21,22). The summed E-state index contributed by atoms with van der Waals surface area (Å²) in [6.45, 7) is 1.18. The number of hydrogen-bond acceptors (Lipinski definition) is 4. The van der Waals surface area contributed by atoms with Gasteiger partial charge in [-0.1, -0.05) is 18.2 Å². The molecule has 2 aromatic rings. The first-order valence-corrected chi connectivity index (χ1v) is 7.40. The fourth-order valence-electron chi connectivity index (χ4n) is 3.00. The van der Waals surface area contributed by atoms with Crippen molar-refractivity contribution in [2.45, 2.75) is 19.8 Å². The van der Waals surface area contributed by atoms with E-state index in [1.165, 1.54) is 6.92 Å². The molecule has 1 aromatic carbocycles. The number of nitrogens with zero attached hydrogens (tertiary/aromatic N) is 1. The fourth-order valence-corrected chi connectivity index (χ4v) is 3.00. The third kappa shape index (κ3) is 2.95. The number of hydrogen-bond donors (Lipinski definition) is 1. The molecule has 1 N–H and O–H groups in total. The lowest BCUT2D eigenvalue weighted by Gasteiger charge is -2.22. The molecule has 1 heterocycles. The van der Waals surface area contributed by atoms with Crippen LogP contribution in [0.4, 0.5) is 0 Å². The normalized spacial score (nSPS) is 19.2. The summed E-state index contributed by atoms with van der Waals surface area (Å²) < 4.78 is 5.00. The highest BCUT2D eigenvalue weighted by Gasteiger charge is 2.45. The highest BCUT2D eigenvalue weighted by atomic mass is 16.5. The summed E-state index contributed by atoms with van der Waals surface area (Å²) in [6, 6.07) is 11.6. The maximum absolute atomic E-state index is 11.8. The van der Waals surface area contributed by atoms with Crippen molar-refractivity contribution in [3.8, 4) is 11.3 Å². The predicted molar refractivity (Wildman–Crippen MR) is 83.8 cm³/mol. The van der Waals surface area contributed by atoms with Crippen molar-refractivity contribution < 1.29 is 19.4 Å². The van der Waals surface area contributed by atoms with Crippen LogP contribution in [-0.2, 0) is 27.2 Å². The Morgan fingerprint density at radius 1 is 1.22 bits per heavy atom. The van der Waals surface area contributed by atoms with Gasteiger partial charge in [0.25, 0.3) is 0 Å². The zero-order valence-corrected chi connectivity index (χ0v) is 12.8. The number of ether oxygens (including phenoxy) is 1. The van der Waals surface area contributed by atoms with E-state index >= 15 is 0 Å². The van der Waals surface area contributed by atoms with E-state index in [0.717, 1.165) is 22.4 Å². The molecule has 0 amide bonds. The van der Waals surface area contributed by atoms with Crippen molar-refractivity contribution in [1.82, 2.24) is 4.98 Å². The van der Waals surface area contributed by atoms with Crippen LogP contribution in [0.1, 0.15) is 18.1 Å². The van der Waals surface area contributed by atoms with Crippen LogP contribution in [0.2, 0.25) is 0 Å². The maximum atomic E-state index is 11.8. The smallest absolute Gasteiger partial charge is 0.313 e. The molecule has 5 heteroatoms. The molecular formula is C18H17NO4. The van der Waals surface area contributed by atoms with E-state index in [2.05, 4.69) is 4.98 Å². The van der Waals surface area contributed by atoms with Gasteiger partial charge in [-0.3, -0.25) is 14.6 Å². The molecule has 23 heavy (non-hydrogen) atoms. The summed E-state index contributed by atoms with van der Waals surface area (Å²) in [4.78, 5) is 27.1. The molecule has 5 nitrogen and oxygen atoms in total. The minimum atomic E-state index is -1.07. The second kappa shape index (κ2) is 5.83. The molecule has 118 valence electrons. The van der Waals surface area contributed by atoms with Gasteiger partial charge in [-0.25, -0.2) is 0 Å². The molecule has 3 rings (SSSR count). The number of benzene rings is 1. The number of aliphatic carboxylic acids is 1. The number of aromatic nitrogens is 1. The average Bonchev–Trinajstić information content (AvgIpc) is 2.93. The summed E-state index contributed by atoms with van der Waals surface area (Å²) in [6.07, 6.45) is 2.45. The highest BCUT2D eigenvalue weighted by molar-refractivity contribution is 5.78. The van der Waals surface area contributed by atoms with E-state index in [0.29, 0.717) is 12.8 Å². The Balaban J connectivity index is 1.90. The van der Waals surface area contributed by atoms with E-state index in [-0.39, 0.29) is 6.61 Å². The largest absolute Gasteiger partial charge is 0.481 e. The number of rotatable bonds is 4. The SMILES string of the molecule is CC(=O)OCC1(C(=O)O)Cc2ccc(-c3ccccn3)cc2C1. The van der Waals surface area contributed by atoms with E-state index in [9.17, 15) is 14.7 Å². The number of carbonyl (C=O) groups excluding carboxylic acids is 1. The predicted octanol–water partition coefficient (Wildman–Crippen LogP) is 2.48. The first-order valence-electron chi connectivity index (χ1n) is 7.40. The average molecular weight is 311 g/mol. The molecule has 0 radical (unpaired) electrons. The van der Waals surface area contributed by atoms with Gasteiger partial charge in [-0.2, -0.15) is 0 Å². The summed E-state index contributed by atoms with van der Waals surface area (Å²) in [5.74, 6) is -1.40. The summed E-state index contributed by atoms with van der Waals surface area (Å²) in [5.41, 5.74) is 2.69. The van der Waals surface area contributed by atoms with Crippen LogP contribution >= 0.6 is 0 Å². The summed E-state index contributed by atoms with van der Waals surface area (Å²) >= 11 is 0. The van der Waals surface area contributed by atoms with Crippen LogP contribution in [0.3, 0.4) is 0 Å². The molecule has 0 saturated heterocycles.